The smallest absolute Gasteiger partial charge is 0.148 e. The van der Waals surface area contributed by atoms with E-state index in [0.717, 1.165) is 16.9 Å². The van der Waals surface area contributed by atoms with Crippen LogP contribution in [-0.2, 0) is 6.54 Å². The lowest BCUT2D eigenvalue weighted by atomic mass is 10.0. The Morgan fingerprint density at radius 2 is 2.05 bits per heavy atom. The highest BCUT2D eigenvalue weighted by Gasteiger charge is 2.13. The number of rotatable bonds is 5. The number of hydrogen-bond acceptors (Lipinski definition) is 6. The van der Waals surface area contributed by atoms with Gasteiger partial charge in [0, 0.05) is 24.5 Å². The number of aromatic nitrogens is 3. The van der Waals surface area contributed by atoms with Gasteiger partial charge >= 0.3 is 0 Å². The van der Waals surface area contributed by atoms with E-state index in [1.54, 1.807) is 6.20 Å². The van der Waals surface area contributed by atoms with Gasteiger partial charge in [-0.15, -0.1) is 0 Å². The lowest BCUT2D eigenvalue weighted by molar-refractivity contribution is 0.844. The molecule has 0 aliphatic rings. The van der Waals surface area contributed by atoms with Gasteiger partial charge in [-0.05, 0) is 17.5 Å². The fourth-order valence-electron chi connectivity index (χ4n) is 1.89. The summed E-state index contributed by atoms with van der Waals surface area (Å²) >= 11 is 0. The molecule has 0 saturated carbocycles. The maximum Gasteiger partial charge on any atom is 0.148 e. The first-order chi connectivity index (χ1) is 9.22. The standard InChI is InChI=1S/C13H18N6/c1-9(2)11-12(17-8-18-13(11)19-14)16-7-10-4-3-5-15-6-10/h3-6,8-9H,7,14H2,1-2H3,(H2,16,17,18,19). The van der Waals surface area contributed by atoms with E-state index in [9.17, 15) is 0 Å². The Balaban J connectivity index is 2.20. The topological polar surface area (TPSA) is 88.8 Å². The number of nitrogen functional groups attached to an aromatic ring is 1. The van der Waals surface area contributed by atoms with Crippen LogP contribution in [0.15, 0.2) is 30.9 Å². The highest BCUT2D eigenvalue weighted by Crippen LogP contribution is 2.27. The minimum absolute atomic E-state index is 0.267. The van der Waals surface area contributed by atoms with Gasteiger partial charge in [-0.2, -0.15) is 0 Å². The van der Waals surface area contributed by atoms with Crippen LogP contribution in [0.2, 0.25) is 0 Å². The lowest BCUT2D eigenvalue weighted by Gasteiger charge is -2.16. The van der Waals surface area contributed by atoms with Gasteiger partial charge in [-0.3, -0.25) is 4.98 Å². The minimum Gasteiger partial charge on any atom is -0.366 e. The molecule has 2 rings (SSSR count). The average molecular weight is 258 g/mol. The molecule has 0 spiro atoms. The van der Waals surface area contributed by atoms with Crippen LogP contribution >= 0.6 is 0 Å². The molecule has 0 unspecified atom stereocenters. The van der Waals surface area contributed by atoms with Crippen molar-refractivity contribution >= 4 is 11.6 Å². The second-order valence-corrected chi connectivity index (χ2v) is 4.50. The normalized spacial score (nSPS) is 10.5. The summed E-state index contributed by atoms with van der Waals surface area (Å²) < 4.78 is 0. The summed E-state index contributed by atoms with van der Waals surface area (Å²) in [6, 6.07) is 3.92. The van der Waals surface area contributed by atoms with Gasteiger partial charge in [0.2, 0.25) is 0 Å². The zero-order valence-corrected chi connectivity index (χ0v) is 11.1. The van der Waals surface area contributed by atoms with Gasteiger partial charge in [0.05, 0.1) is 0 Å². The van der Waals surface area contributed by atoms with E-state index in [2.05, 4.69) is 39.5 Å². The summed E-state index contributed by atoms with van der Waals surface area (Å²) in [5.41, 5.74) is 4.69. The molecular formula is C13H18N6. The molecule has 0 saturated heterocycles. The largest absolute Gasteiger partial charge is 0.366 e. The fraction of sp³-hybridized carbons (Fsp3) is 0.308. The molecule has 2 aromatic rings. The maximum atomic E-state index is 5.49. The van der Waals surface area contributed by atoms with Crippen molar-refractivity contribution in [2.45, 2.75) is 26.3 Å². The van der Waals surface area contributed by atoms with Crippen molar-refractivity contribution in [2.24, 2.45) is 5.84 Å². The molecule has 0 aliphatic carbocycles. The third-order valence-electron chi connectivity index (χ3n) is 2.78. The van der Waals surface area contributed by atoms with E-state index >= 15 is 0 Å². The molecule has 100 valence electrons. The Labute approximate surface area is 112 Å². The van der Waals surface area contributed by atoms with E-state index in [0.29, 0.717) is 12.4 Å². The van der Waals surface area contributed by atoms with Gasteiger partial charge in [-0.1, -0.05) is 19.9 Å². The summed E-state index contributed by atoms with van der Waals surface area (Å²) in [7, 11) is 0. The highest BCUT2D eigenvalue weighted by atomic mass is 15.3. The second kappa shape index (κ2) is 6.10. The quantitative estimate of drug-likeness (QED) is 0.560. The Bertz CT molecular complexity index is 526. The number of pyridine rings is 1. The van der Waals surface area contributed by atoms with Crippen molar-refractivity contribution in [3.63, 3.8) is 0 Å². The molecule has 0 aliphatic heterocycles. The van der Waals surface area contributed by atoms with E-state index < -0.39 is 0 Å². The SMILES string of the molecule is CC(C)c1c(NN)ncnc1NCc1cccnc1. The van der Waals surface area contributed by atoms with Crippen LogP contribution in [-0.4, -0.2) is 15.0 Å². The summed E-state index contributed by atoms with van der Waals surface area (Å²) in [5.74, 6) is 7.20. The van der Waals surface area contributed by atoms with E-state index in [4.69, 9.17) is 5.84 Å². The first kappa shape index (κ1) is 13.2. The summed E-state index contributed by atoms with van der Waals surface area (Å²) in [6.45, 7) is 4.82. The molecule has 2 aromatic heterocycles. The van der Waals surface area contributed by atoms with Gasteiger partial charge in [0.1, 0.15) is 18.0 Å². The Morgan fingerprint density at radius 3 is 2.68 bits per heavy atom. The molecule has 0 atom stereocenters. The molecule has 0 radical (unpaired) electrons. The zero-order chi connectivity index (χ0) is 13.7. The van der Waals surface area contributed by atoms with Gasteiger partial charge in [0.25, 0.3) is 0 Å². The van der Waals surface area contributed by atoms with Crippen molar-refractivity contribution in [1.29, 1.82) is 0 Å². The van der Waals surface area contributed by atoms with Crippen molar-refractivity contribution in [1.82, 2.24) is 15.0 Å². The molecule has 0 bridgehead atoms. The average Bonchev–Trinajstić information content (AvgIpc) is 2.45. The maximum absolute atomic E-state index is 5.49. The van der Waals surface area contributed by atoms with Crippen LogP contribution in [0.3, 0.4) is 0 Å². The van der Waals surface area contributed by atoms with E-state index in [1.165, 1.54) is 6.33 Å². The lowest BCUT2D eigenvalue weighted by Crippen LogP contribution is -2.15. The van der Waals surface area contributed by atoms with E-state index in [-0.39, 0.29) is 5.92 Å². The molecule has 6 nitrogen and oxygen atoms in total. The third-order valence-corrected chi connectivity index (χ3v) is 2.78. The fourth-order valence-corrected chi connectivity index (χ4v) is 1.89. The molecule has 0 aromatic carbocycles. The van der Waals surface area contributed by atoms with Gasteiger partial charge in [0.15, 0.2) is 0 Å². The molecule has 6 heteroatoms. The van der Waals surface area contributed by atoms with Gasteiger partial charge < -0.3 is 10.7 Å². The van der Waals surface area contributed by atoms with E-state index in [1.807, 2.05) is 18.3 Å². The molecular weight excluding hydrogens is 240 g/mol. The predicted molar refractivity (Wildman–Crippen MR) is 75.5 cm³/mol. The van der Waals surface area contributed by atoms with Gasteiger partial charge in [-0.25, -0.2) is 15.8 Å². The van der Waals surface area contributed by atoms with Crippen LogP contribution in [0.25, 0.3) is 0 Å². The zero-order valence-electron chi connectivity index (χ0n) is 11.1. The van der Waals surface area contributed by atoms with Crippen molar-refractivity contribution in [3.8, 4) is 0 Å². The number of hydrogen-bond donors (Lipinski definition) is 3. The highest BCUT2D eigenvalue weighted by molar-refractivity contribution is 5.58. The van der Waals surface area contributed by atoms with Crippen LogP contribution in [0.1, 0.15) is 30.9 Å². The molecule has 4 N–H and O–H groups in total. The Kier molecular flexibility index (Phi) is 4.25. The predicted octanol–water partition coefficient (Wildman–Crippen LogP) is 1.89. The summed E-state index contributed by atoms with van der Waals surface area (Å²) in [5, 5.41) is 3.30. The van der Waals surface area contributed by atoms with Crippen molar-refractivity contribution in [3.05, 3.63) is 42.0 Å². The molecule has 0 fully saturated rings. The molecule has 0 amide bonds. The van der Waals surface area contributed by atoms with Crippen LogP contribution in [0.5, 0.6) is 0 Å². The number of nitrogens with two attached hydrogens (primary N) is 1. The first-order valence-electron chi connectivity index (χ1n) is 6.16. The summed E-state index contributed by atoms with van der Waals surface area (Å²) in [4.78, 5) is 12.5. The third kappa shape index (κ3) is 3.17. The second-order valence-electron chi connectivity index (χ2n) is 4.50. The first-order valence-corrected chi connectivity index (χ1v) is 6.16. The minimum atomic E-state index is 0.267. The molecule has 2 heterocycles. The summed E-state index contributed by atoms with van der Waals surface area (Å²) in [6.07, 6.45) is 5.07. The Hall–Kier alpha value is -2.21. The number of anilines is 2. The number of nitrogens with zero attached hydrogens (tertiary/aromatic N) is 3. The number of hydrazine groups is 1. The van der Waals surface area contributed by atoms with Crippen molar-refractivity contribution < 1.29 is 0 Å². The van der Waals surface area contributed by atoms with Crippen LogP contribution < -0.4 is 16.6 Å². The monoisotopic (exact) mass is 258 g/mol. The Morgan fingerprint density at radius 1 is 1.26 bits per heavy atom. The van der Waals surface area contributed by atoms with Crippen LogP contribution in [0, 0.1) is 0 Å². The number of nitrogens with one attached hydrogen (secondary N) is 2. The molecule has 19 heavy (non-hydrogen) atoms. The van der Waals surface area contributed by atoms with Crippen LogP contribution in [0.4, 0.5) is 11.6 Å². The van der Waals surface area contributed by atoms with Crippen molar-refractivity contribution in [2.75, 3.05) is 10.7 Å².